The summed E-state index contributed by atoms with van der Waals surface area (Å²) in [7, 11) is 3.49. The van der Waals surface area contributed by atoms with Gasteiger partial charge in [0.15, 0.2) is 5.82 Å². The first-order chi connectivity index (χ1) is 10.5. The van der Waals surface area contributed by atoms with Gasteiger partial charge in [-0.3, -0.25) is 4.79 Å². The molecule has 3 rings (SSSR count). The van der Waals surface area contributed by atoms with Crippen molar-refractivity contribution in [3.8, 4) is 0 Å². The number of anilines is 1. The number of aryl methyl sites for hydroxylation is 1. The minimum absolute atomic E-state index is 0.0296. The van der Waals surface area contributed by atoms with E-state index in [1.54, 1.807) is 19.0 Å². The zero-order valence-corrected chi connectivity index (χ0v) is 13.1. The summed E-state index contributed by atoms with van der Waals surface area (Å²) >= 11 is 0. The van der Waals surface area contributed by atoms with Crippen molar-refractivity contribution >= 4 is 11.6 Å². The Kier molecular flexibility index (Phi) is 3.83. The minimum atomic E-state index is -0.0296. The summed E-state index contributed by atoms with van der Waals surface area (Å²) in [5.41, 5.74) is 2.48. The monoisotopic (exact) mass is 300 g/mol. The van der Waals surface area contributed by atoms with Gasteiger partial charge >= 0.3 is 0 Å². The molecule has 2 aromatic rings. The molecule has 1 heterocycles. The molecule has 0 bridgehead atoms. The van der Waals surface area contributed by atoms with E-state index in [-0.39, 0.29) is 5.91 Å². The molecule has 1 aromatic heterocycles. The van der Waals surface area contributed by atoms with Gasteiger partial charge in [0.1, 0.15) is 0 Å². The molecule has 1 aliphatic rings. The molecule has 0 saturated heterocycles. The molecule has 22 heavy (non-hydrogen) atoms. The summed E-state index contributed by atoms with van der Waals surface area (Å²) in [6.45, 7) is 2.41. The molecular formula is C16H20N4O2. The number of carbonyl (C=O) groups is 1. The van der Waals surface area contributed by atoms with Crippen LogP contribution < -0.4 is 5.32 Å². The molecule has 0 unspecified atom stereocenters. The van der Waals surface area contributed by atoms with Gasteiger partial charge < -0.3 is 14.7 Å². The van der Waals surface area contributed by atoms with E-state index in [0.717, 1.165) is 30.0 Å². The van der Waals surface area contributed by atoms with Crippen molar-refractivity contribution in [1.82, 2.24) is 15.0 Å². The first-order valence-corrected chi connectivity index (χ1v) is 7.43. The standard InChI is InChI=1S/C16H20N4O2/c1-10-4-7-13(12(8-10)16(21)20(2)3)17-9-14-18-15(22-19-14)11-5-6-11/h4,7-8,11,17H,5-6,9H2,1-3H3. The van der Waals surface area contributed by atoms with Crippen LogP contribution in [0.2, 0.25) is 0 Å². The van der Waals surface area contributed by atoms with Gasteiger partial charge in [0, 0.05) is 25.7 Å². The van der Waals surface area contributed by atoms with Crippen molar-refractivity contribution in [1.29, 1.82) is 0 Å². The Morgan fingerprint density at radius 2 is 2.18 bits per heavy atom. The highest BCUT2D eigenvalue weighted by atomic mass is 16.5. The summed E-state index contributed by atoms with van der Waals surface area (Å²) < 4.78 is 5.24. The quantitative estimate of drug-likeness (QED) is 0.919. The summed E-state index contributed by atoms with van der Waals surface area (Å²) in [4.78, 5) is 18.2. The van der Waals surface area contributed by atoms with E-state index in [4.69, 9.17) is 4.52 Å². The number of amides is 1. The maximum atomic E-state index is 12.3. The number of aromatic nitrogens is 2. The molecule has 0 spiro atoms. The Bertz CT molecular complexity index is 689. The Hall–Kier alpha value is -2.37. The van der Waals surface area contributed by atoms with Crippen molar-refractivity contribution in [2.75, 3.05) is 19.4 Å². The van der Waals surface area contributed by atoms with E-state index in [2.05, 4.69) is 15.5 Å². The van der Waals surface area contributed by atoms with Crippen LogP contribution in [0.25, 0.3) is 0 Å². The zero-order chi connectivity index (χ0) is 15.7. The molecule has 1 saturated carbocycles. The van der Waals surface area contributed by atoms with Gasteiger partial charge in [-0.05, 0) is 31.9 Å². The highest BCUT2D eigenvalue weighted by molar-refractivity contribution is 5.99. The number of carbonyl (C=O) groups excluding carboxylic acids is 1. The fraction of sp³-hybridized carbons (Fsp3) is 0.438. The lowest BCUT2D eigenvalue weighted by Gasteiger charge is -2.15. The van der Waals surface area contributed by atoms with Crippen molar-refractivity contribution in [3.05, 3.63) is 41.0 Å². The number of nitrogens with zero attached hydrogens (tertiary/aromatic N) is 3. The molecule has 1 amide bonds. The highest BCUT2D eigenvalue weighted by Gasteiger charge is 2.29. The fourth-order valence-electron chi connectivity index (χ4n) is 2.24. The topological polar surface area (TPSA) is 71.3 Å². The number of nitrogens with one attached hydrogen (secondary N) is 1. The second-order valence-electron chi connectivity index (χ2n) is 5.93. The van der Waals surface area contributed by atoms with Crippen LogP contribution in [0.15, 0.2) is 22.7 Å². The van der Waals surface area contributed by atoms with Gasteiger partial charge in [-0.25, -0.2) is 0 Å². The molecule has 0 aliphatic heterocycles. The normalized spacial score (nSPS) is 14.0. The Balaban J connectivity index is 1.74. The Labute approximate surface area is 129 Å². The van der Waals surface area contributed by atoms with E-state index in [0.29, 0.717) is 23.9 Å². The smallest absolute Gasteiger partial charge is 0.255 e. The molecular weight excluding hydrogens is 280 g/mol. The van der Waals surface area contributed by atoms with Crippen LogP contribution in [0.5, 0.6) is 0 Å². The van der Waals surface area contributed by atoms with Gasteiger partial charge in [-0.15, -0.1) is 0 Å². The van der Waals surface area contributed by atoms with Crippen molar-refractivity contribution in [3.63, 3.8) is 0 Å². The van der Waals surface area contributed by atoms with Gasteiger partial charge in [0.05, 0.1) is 12.1 Å². The van der Waals surface area contributed by atoms with Crippen LogP contribution >= 0.6 is 0 Å². The third-order valence-corrected chi connectivity index (χ3v) is 3.66. The van der Waals surface area contributed by atoms with Crippen LogP contribution in [0, 0.1) is 6.92 Å². The molecule has 1 N–H and O–H groups in total. The molecule has 1 aromatic carbocycles. The maximum Gasteiger partial charge on any atom is 0.255 e. The van der Waals surface area contributed by atoms with Crippen LogP contribution in [-0.2, 0) is 6.54 Å². The van der Waals surface area contributed by atoms with Gasteiger partial charge in [-0.2, -0.15) is 4.98 Å². The number of hydrogen-bond acceptors (Lipinski definition) is 5. The average Bonchev–Trinajstić information content (AvgIpc) is 3.24. The first-order valence-electron chi connectivity index (χ1n) is 7.43. The second kappa shape index (κ2) is 5.79. The number of benzene rings is 1. The van der Waals surface area contributed by atoms with Crippen LogP contribution in [-0.4, -0.2) is 35.0 Å². The molecule has 6 heteroatoms. The number of rotatable bonds is 5. The van der Waals surface area contributed by atoms with Crippen molar-refractivity contribution in [2.24, 2.45) is 0 Å². The molecule has 0 atom stereocenters. The van der Waals surface area contributed by atoms with Crippen LogP contribution in [0.3, 0.4) is 0 Å². The SMILES string of the molecule is Cc1ccc(NCc2noc(C3CC3)n2)c(C(=O)N(C)C)c1. The van der Waals surface area contributed by atoms with E-state index in [1.807, 2.05) is 25.1 Å². The highest BCUT2D eigenvalue weighted by Crippen LogP contribution is 2.38. The zero-order valence-electron chi connectivity index (χ0n) is 13.1. The first kappa shape index (κ1) is 14.6. The van der Waals surface area contributed by atoms with Crippen LogP contribution in [0.1, 0.15) is 46.4 Å². The summed E-state index contributed by atoms with van der Waals surface area (Å²) in [6, 6.07) is 5.77. The molecule has 116 valence electrons. The molecule has 0 radical (unpaired) electrons. The van der Waals surface area contributed by atoms with Crippen LogP contribution in [0.4, 0.5) is 5.69 Å². The lowest BCUT2D eigenvalue weighted by molar-refractivity contribution is 0.0828. The molecule has 1 fully saturated rings. The predicted molar refractivity (Wildman–Crippen MR) is 82.8 cm³/mol. The largest absolute Gasteiger partial charge is 0.377 e. The third kappa shape index (κ3) is 3.10. The summed E-state index contributed by atoms with van der Waals surface area (Å²) in [5, 5.41) is 7.21. The average molecular weight is 300 g/mol. The lowest BCUT2D eigenvalue weighted by Crippen LogP contribution is -2.23. The molecule has 1 aliphatic carbocycles. The van der Waals surface area contributed by atoms with Crippen molar-refractivity contribution < 1.29 is 9.32 Å². The Morgan fingerprint density at radius 3 is 2.86 bits per heavy atom. The predicted octanol–water partition coefficient (Wildman–Crippen LogP) is 2.57. The molecule has 6 nitrogen and oxygen atoms in total. The second-order valence-corrected chi connectivity index (χ2v) is 5.93. The van der Waals surface area contributed by atoms with E-state index < -0.39 is 0 Å². The third-order valence-electron chi connectivity index (χ3n) is 3.66. The van der Waals surface area contributed by atoms with Gasteiger partial charge in [-0.1, -0.05) is 16.8 Å². The van der Waals surface area contributed by atoms with Crippen molar-refractivity contribution in [2.45, 2.75) is 32.2 Å². The fourth-order valence-corrected chi connectivity index (χ4v) is 2.24. The van der Waals surface area contributed by atoms with Gasteiger partial charge in [0.2, 0.25) is 5.89 Å². The van der Waals surface area contributed by atoms with E-state index in [9.17, 15) is 4.79 Å². The summed E-state index contributed by atoms with van der Waals surface area (Å²) in [6.07, 6.45) is 2.27. The van der Waals surface area contributed by atoms with E-state index in [1.165, 1.54) is 0 Å². The van der Waals surface area contributed by atoms with E-state index >= 15 is 0 Å². The van der Waals surface area contributed by atoms with Gasteiger partial charge in [0.25, 0.3) is 5.91 Å². The summed E-state index contributed by atoms with van der Waals surface area (Å²) in [5.74, 6) is 1.76. The Morgan fingerprint density at radius 1 is 1.41 bits per heavy atom. The minimum Gasteiger partial charge on any atom is -0.377 e. The number of hydrogen-bond donors (Lipinski definition) is 1. The lowest BCUT2D eigenvalue weighted by atomic mass is 10.1. The maximum absolute atomic E-state index is 12.3.